The van der Waals surface area contributed by atoms with Gasteiger partial charge in [0.25, 0.3) is 0 Å². The van der Waals surface area contributed by atoms with Gasteiger partial charge >= 0.3 is 0 Å². The summed E-state index contributed by atoms with van der Waals surface area (Å²) >= 11 is 5.92. The van der Waals surface area contributed by atoms with Gasteiger partial charge in [-0.1, -0.05) is 23.8 Å². The molecule has 0 saturated heterocycles. The van der Waals surface area contributed by atoms with Crippen LogP contribution in [0.25, 0.3) is 0 Å². The Balaban J connectivity index is 2.94. The van der Waals surface area contributed by atoms with Crippen LogP contribution in [0.3, 0.4) is 0 Å². The van der Waals surface area contributed by atoms with E-state index in [2.05, 4.69) is 28.4 Å². The maximum Gasteiger partial charge on any atom is 0.138 e. The molecule has 0 amide bonds. The number of aromatic nitrogens is 2. The highest BCUT2D eigenvalue weighted by molar-refractivity contribution is 6.30. The van der Waals surface area contributed by atoms with E-state index < -0.39 is 0 Å². The highest BCUT2D eigenvalue weighted by Gasteiger charge is 2.06. The van der Waals surface area contributed by atoms with Crippen molar-refractivity contribution in [1.82, 2.24) is 9.97 Å². The summed E-state index contributed by atoms with van der Waals surface area (Å²) in [6, 6.07) is 0. The molecule has 0 spiro atoms. The molecule has 3 nitrogen and oxygen atoms in total. The van der Waals surface area contributed by atoms with E-state index >= 15 is 0 Å². The number of rotatable bonds is 5. The van der Waals surface area contributed by atoms with Gasteiger partial charge < -0.3 is 5.32 Å². The molecule has 0 bridgehead atoms. The highest BCUT2D eigenvalue weighted by Crippen LogP contribution is 2.20. The summed E-state index contributed by atoms with van der Waals surface area (Å²) in [7, 11) is 0. The van der Waals surface area contributed by atoms with E-state index in [1.807, 2.05) is 0 Å². The molecule has 1 N–H and O–H groups in total. The molecule has 0 aliphatic carbocycles. The minimum absolute atomic E-state index is 0.464. The largest absolute Gasteiger partial charge is 0.366 e. The van der Waals surface area contributed by atoms with Gasteiger partial charge in [0.15, 0.2) is 0 Å². The Bertz CT molecular complexity index is 336. The Morgan fingerprint density at radius 3 is 2.79 bits per heavy atom. The summed E-state index contributed by atoms with van der Waals surface area (Å²) in [6.07, 6.45) is 5.61. The Kier molecular flexibility index (Phi) is 4.13. The summed E-state index contributed by atoms with van der Waals surface area (Å²) in [5.41, 5.74) is 0.867. The number of allylic oxidation sites excluding steroid dienone is 1. The molecule has 1 aromatic heterocycles. The number of hydrogen-bond donors (Lipinski definition) is 1. The van der Waals surface area contributed by atoms with Gasteiger partial charge in [-0.2, -0.15) is 0 Å². The first-order valence-electron chi connectivity index (χ1n) is 4.24. The monoisotopic (exact) mass is 209 g/mol. The van der Waals surface area contributed by atoms with Crippen molar-refractivity contribution in [3.05, 3.63) is 42.4 Å². The molecular formula is C10H12ClN3. The van der Waals surface area contributed by atoms with E-state index in [0.29, 0.717) is 18.1 Å². The highest BCUT2D eigenvalue weighted by atomic mass is 35.5. The lowest BCUT2D eigenvalue weighted by molar-refractivity contribution is 1.08. The second-order valence-electron chi connectivity index (χ2n) is 2.65. The van der Waals surface area contributed by atoms with Crippen LogP contribution in [-0.2, 0) is 6.42 Å². The average molecular weight is 210 g/mol. The fourth-order valence-electron chi connectivity index (χ4n) is 1.04. The van der Waals surface area contributed by atoms with Crippen molar-refractivity contribution < 1.29 is 0 Å². The molecule has 0 unspecified atom stereocenters. The zero-order valence-corrected chi connectivity index (χ0v) is 8.59. The van der Waals surface area contributed by atoms with Crippen molar-refractivity contribution in [1.29, 1.82) is 0 Å². The lowest BCUT2D eigenvalue weighted by atomic mass is 10.2. The van der Waals surface area contributed by atoms with E-state index in [1.165, 1.54) is 6.33 Å². The molecule has 1 heterocycles. The topological polar surface area (TPSA) is 37.8 Å². The molecule has 1 aromatic rings. The summed E-state index contributed by atoms with van der Waals surface area (Å²) in [5, 5.41) is 3.55. The third-order valence-electron chi connectivity index (χ3n) is 1.66. The van der Waals surface area contributed by atoms with Crippen molar-refractivity contribution in [2.75, 3.05) is 11.9 Å². The SMILES string of the molecule is C=CCNc1ncnc(Cl)c1CC=C. The van der Waals surface area contributed by atoms with Crippen LogP contribution in [0.1, 0.15) is 5.56 Å². The molecule has 0 aliphatic heterocycles. The Morgan fingerprint density at radius 1 is 1.36 bits per heavy atom. The lowest BCUT2D eigenvalue weighted by Crippen LogP contribution is -2.05. The standard InChI is InChI=1S/C10H12ClN3/c1-3-5-8-9(11)13-7-14-10(8)12-6-4-2/h3-4,7H,1-2,5-6H2,(H,12,13,14). The molecule has 14 heavy (non-hydrogen) atoms. The van der Waals surface area contributed by atoms with Gasteiger partial charge in [0, 0.05) is 12.1 Å². The van der Waals surface area contributed by atoms with Gasteiger partial charge in [-0.25, -0.2) is 9.97 Å². The van der Waals surface area contributed by atoms with Gasteiger partial charge in [0.05, 0.1) is 0 Å². The molecule has 0 aromatic carbocycles. The number of hydrogen-bond acceptors (Lipinski definition) is 3. The second kappa shape index (κ2) is 5.40. The van der Waals surface area contributed by atoms with E-state index in [1.54, 1.807) is 12.2 Å². The first kappa shape index (κ1) is 10.7. The normalized spacial score (nSPS) is 9.50. The van der Waals surface area contributed by atoms with Crippen LogP contribution < -0.4 is 5.32 Å². The zero-order chi connectivity index (χ0) is 10.4. The van der Waals surface area contributed by atoms with Crippen LogP contribution >= 0.6 is 11.6 Å². The molecule has 0 atom stereocenters. The minimum Gasteiger partial charge on any atom is -0.366 e. The third kappa shape index (κ3) is 2.57. The van der Waals surface area contributed by atoms with E-state index in [0.717, 1.165) is 11.4 Å². The maximum atomic E-state index is 5.92. The first-order valence-corrected chi connectivity index (χ1v) is 4.62. The fourth-order valence-corrected chi connectivity index (χ4v) is 1.25. The van der Waals surface area contributed by atoms with Crippen LogP contribution in [0, 0.1) is 0 Å². The molecule has 4 heteroatoms. The van der Waals surface area contributed by atoms with E-state index in [9.17, 15) is 0 Å². The minimum atomic E-state index is 0.464. The van der Waals surface area contributed by atoms with Crippen LogP contribution in [-0.4, -0.2) is 16.5 Å². The number of halogens is 1. The Hall–Kier alpha value is -1.35. The average Bonchev–Trinajstić information content (AvgIpc) is 2.19. The smallest absolute Gasteiger partial charge is 0.138 e. The second-order valence-corrected chi connectivity index (χ2v) is 3.01. The van der Waals surface area contributed by atoms with Crippen LogP contribution in [0.5, 0.6) is 0 Å². The summed E-state index contributed by atoms with van der Waals surface area (Å²) < 4.78 is 0. The van der Waals surface area contributed by atoms with Crippen LogP contribution in [0.2, 0.25) is 5.15 Å². The van der Waals surface area contributed by atoms with Crippen molar-refractivity contribution in [2.45, 2.75) is 6.42 Å². The molecule has 0 fully saturated rings. The predicted octanol–water partition coefficient (Wildman–Crippen LogP) is 2.46. The summed E-state index contributed by atoms with van der Waals surface area (Å²) in [6.45, 7) is 7.92. The van der Waals surface area contributed by atoms with Gasteiger partial charge in [0.2, 0.25) is 0 Å². The molecule has 0 radical (unpaired) electrons. The fraction of sp³-hybridized carbons (Fsp3) is 0.200. The number of nitrogens with one attached hydrogen (secondary N) is 1. The quantitative estimate of drug-likeness (QED) is 0.598. The number of anilines is 1. The van der Waals surface area contributed by atoms with Crippen LogP contribution in [0.15, 0.2) is 31.6 Å². The number of nitrogens with zero attached hydrogens (tertiary/aromatic N) is 2. The first-order chi connectivity index (χ1) is 6.79. The summed E-state index contributed by atoms with van der Waals surface area (Å²) in [4.78, 5) is 8.00. The molecule has 1 rings (SSSR count). The van der Waals surface area contributed by atoms with Crippen molar-refractivity contribution in [3.63, 3.8) is 0 Å². The lowest BCUT2D eigenvalue weighted by Gasteiger charge is -2.08. The van der Waals surface area contributed by atoms with E-state index in [-0.39, 0.29) is 0 Å². The zero-order valence-electron chi connectivity index (χ0n) is 7.83. The van der Waals surface area contributed by atoms with Crippen molar-refractivity contribution in [2.24, 2.45) is 0 Å². The van der Waals surface area contributed by atoms with E-state index in [4.69, 9.17) is 11.6 Å². The van der Waals surface area contributed by atoms with Gasteiger partial charge in [-0.05, 0) is 6.42 Å². The third-order valence-corrected chi connectivity index (χ3v) is 1.98. The molecule has 0 aliphatic rings. The molecule has 0 saturated carbocycles. The van der Waals surface area contributed by atoms with Crippen LogP contribution in [0.4, 0.5) is 5.82 Å². The molecular weight excluding hydrogens is 198 g/mol. The van der Waals surface area contributed by atoms with Crippen molar-refractivity contribution >= 4 is 17.4 Å². The van der Waals surface area contributed by atoms with Gasteiger partial charge in [-0.15, -0.1) is 13.2 Å². The Morgan fingerprint density at radius 2 is 2.14 bits per heavy atom. The van der Waals surface area contributed by atoms with Crippen molar-refractivity contribution in [3.8, 4) is 0 Å². The maximum absolute atomic E-state index is 5.92. The molecule has 74 valence electrons. The summed E-state index contributed by atoms with van der Waals surface area (Å²) in [5.74, 6) is 0.741. The predicted molar refractivity (Wildman–Crippen MR) is 59.6 cm³/mol. The van der Waals surface area contributed by atoms with Gasteiger partial charge in [0.1, 0.15) is 17.3 Å². The Labute approximate surface area is 88.5 Å². The van der Waals surface area contributed by atoms with Gasteiger partial charge in [-0.3, -0.25) is 0 Å².